The van der Waals surface area contributed by atoms with Crippen molar-refractivity contribution in [1.82, 2.24) is 10.3 Å². The lowest BCUT2D eigenvalue weighted by atomic mass is 9.76. The maximum absolute atomic E-state index is 13.7. The van der Waals surface area contributed by atoms with Crippen molar-refractivity contribution in [3.63, 3.8) is 0 Å². The Hall–Kier alpha value is -3.13. The molecular weight excluding hydrogens is 545 g/mol. The number of nitrogens with one attached hydrogen (secondary N) is 2. The zero-order chi connectivity index (χ0) is 27.9. The number of hydrogen-bond acceptors (Lipinski definition) is 6. The van der Waals surface area contributed by atoms with E-state index < -0.39 is 15.6 Å². The van der Waals surface area contributed by atoms with Crippen LogP contribution in [-0.2, 0) is 14.9 Å². The van der Waals surface area contributed by atoms with Crippen molar-refractivity contribution < 1.29 is 13.7 Å². The minimum absolute atomic E-state index is 0.0522. The van der Waals surface area contributed by atoms with E-state index >= 15 is 0 Å². The van der Waals surface area contributed by atoms with Gasteiger partial charge in [0.1, 0.15) is 16.4 Å². The van der Waals surface area contributed by atoms with Gasteiger partial charge in [-0.2, -0.15) is 5.26 Å². The largest absolute Gasteiger partial charge is 0.370 e. The van der Waals surface area contributed by atoms with Crippen molar-refractivity contribution in [3.8, 4) is 27.1 Å². The fourth-order valence-corrected chi connectivity index (χ4v) is 8.39. The summed E-state index contributed by atoms with van der Waals surface area (Å²) in [6.07, 6.45) is 5.01. The van der Waals surface area contributed by atoms with Crippen LogP contribution in [0.5, 0.6) is 0 Å². The Labute approximate surface area is 239 Å². The van der Waals surface area contributed by atoms with Crippen LogP contribution in [0.15, 0.2) is 48.5 Å². The van der Waals surface area contributed by atoms with Crippen LogP contribution in [0, 0.1) is 27.8 Å². The fourth-order valence-electron chi connectivity index (χ4n) is 5.87. The van der Waals surface area contributed by atoms with Gasteiger partial charge in [0.15, 0.2) is 0 Å². The maximum atomic E-state index is 13.7. The fraction of sp³-hybridized carbons (Fsp3) is 0.433. The number of carbonyl (C=O) groups excluding carboxylic acids is 1. The van der Waals surface area contributed by atoms with Crippen LogP contribution >= 0.6 is 11.3 Å². The summed E-state index contributed by atoms with van der Waals surface area (Å²) in [7, 11) is -2.50. The number of benzene rings is 2. The van der Waals surface area contributed by atoms with Crippen molar-refractivity contribution >= 4 is 33.0 Å². The van der Waals surface area contributed by atoms with Crippen molar-refractivity contribution in [1.29, 1.82) is 10.0 Å². The number of rotatable bonds is 6. The number of halogens is 1. The summed E-state index contributed by atoms with van der Waals surface area (Å²) < 4.78 is 31.8. The van der Waals surface area contributed by atoms with Gasteiger partial charge in [-0.3, -0.25) is 9.57 Å². The van der Waals surface area contributed by atoms with E-state index in [2.05, 4.69) is 40.6 Å². The second-order valence-electron chi connectivity index (χ2n) is 11.3. The van der Waals surface area contributed by atoms with Crippen LogP contribution in [-0.4, -0.2) is 45.6 Å². The molecule has 2 saturated carbocycles. The topological polar surface area (TPSA) is 113 Å². The molecule has 1 aliphatic heterocycles. The highest BCUT2D eigenvalue weighted by Crippen LogP contribution is 2.46. The molecule has 1 aromatic heterocycles. The molecule has 2 aliphatic carbocycles. The minimum atomic E-state index is -2.50. The number of thiol groups is 1. The summed E-state index contributed by atoms with van der Waals surface area (Å²) >= 11 is 1.57. The van der Waals surface area contributed by atoms with Crippen molar-refractivity contribution in [2.75, 3.05) is 29.5 Å². The molecule has 2 aromatic carbocycles. The molecule has 6 rings (SSSR count). The summed E-state index contributed by atoms with van der Waals surface area (Å²) in [4.78, 5) is 21.8. The van der Waals surface area contributed by atoms with Gasteiger partial charge in [-0.05, 0) is 67.6 Å². The smallest absolute Gasteiger partial charge is 0.225 e. The first-order valence-electron chi connectivity index (χ1n) is 14.0. The lowest BCUT2D eigenvalue weighted by Gasteiger charge is -2.36. The summed E-state index contributed by atoms with van der Waals surface area (Å²) in [5.41, 5.74) is 3.13. The number of amides is 1. The van der Waals surface area contributed by atoms with E-state index in [9.17, 15) is 19.0 Å². The molecule has 7 nitrogen and oxygen atoms in total. The Kier molecular flexibility index (Phi) is 7.23. The normalized spacial score (nSPS) is 24.1. The number of thiazole rings is 1. The lowest BCUT2D eigenvalue weighted by Crippen LogP contribution is -2.42. The molecule has 3 N–H and O–H groups in total. The molecule has 0 unspecified atom stereocenters. The molecule has 1 saturated heterocycles. The Morgan fingerprint density at radius 1 is 1.10 bits per heavy atom. The number of aromatic nitrogens is 1. The standard InChI is InChI=1S/C30H34FN5O2S2/c31-22-9-5-21(6-10-22)29-34-26(24-3-1-2-4-25(24)28(37)35-30(19-32)13-14-30)27(39-29)20-7-11-23(12-8-20)36-15-17-40(33,38)18-16-36/h5-12,24-25,40H,1-4,13-18H2,(H2,33,38)(H,35,37)/t24-,25-/m1/s1. The molecule has 2 atom stereocenters. The van der Waals surface area contributed by atoms with Crippen LogP contribution < -0.4 is 10.2 Å². The van der Waals surface area contributed by atoms with Gasteiger partial charge < -0.3 is 14.8 Å². The Balaban J connectivity index is 1.34. The van der Waals surface area contributed by atoms with E-state index in [1.54, 1.807) is 23.5 Å². The van der Waals surface area contributed by atoms with Gasteiger partial charge in [0.2, 0.25) is 5.91 Å². The zero-order valence-electron chi connectivity index (χ0n) is 22.3. The number of hydrogen-bond donors (Lipinski definition) is 4. The quantitative estimate of drug-likeness (QED) is 0.268. The van der Waals surface area contributed by atoms with Crippen LogP contribution in [0.1, 0.15) is 50.1 Å². The first-order chi connectivity index (χ1) is 19.3. The van der Waals surface area contributed by atoms with Gasteiger partial charge in [-0.15, -0.1) is 21.4 Å². The Morgan fingerprint density at radius 3 is 2.40 bits per heavy atom. The van der Waals surface area contributed by atoms with Gasteiger partial charge >= 0.3 is 0 Å². The van der Waals surface area contributed by atoms with Crippen molar-refractivity contribution in [2.45, 2.75) is 50.0 Å². The monoisotopic (exact) mass is 579 g/mol. The third kappa shape index (κ3) is 5.55. The predicted molar refractivity (Wildman–Crippen MR) is 159 cm³/mol. The van der Waals surface area contributed by atoms with Crippen molar-refractivity contribution in [2.24, 2.45) is 5.92 Å². The SMILES string of the molecule is N#CC1(NC(=O)[C@@H]2CCCC[C@H]2c2nc(-c3ccc(F)cc3)sc2-c2ccc(N3CC[SH](=N)(O)CC3)cc2)CC1. The first-order valence-corrected chi connectivity index (χ1v) is 16.9. The van der Waals surface area contributed by atoms with Crippen LogP contribution in [0.2, 0.25) is 0 Å². The second kappa shape index (κ2) is 10.7. The average Bonchev–Trinajstić information content (AvgIpc) is 3.60. The average molecular weight is 580 g/mol. The summed E-state index contributed by atoms with van der Waals surface area (Å²) in [6, 6.07) is 17.0. The summed E-state index contributed by atoms with van der Waals surface area (Å²) in [6.45, 7) is 1.35. The van der Waals surface area contributed by atoms with E-state index in [1.807, 2.05) is 0 Å². The highest BCUT2D eigenvalue weighted by molar-refractivity contribution is 7.98. The summed E-state index contributed by atoms with van der Waals surface area (Å²) in [5, 5.41) is 13.4. The van der Waals surface area contributed by atoms with Crippen molar-refractivity contribution in [3.05, 3.63) is 60.0 Å². The van der Waals surface area contributed by atoms with Crippen LogP contribution in [0.25, 0.3) is 21.0 Å². The number of nitriles is 1. The second-order valence-corrected chi connectivity index (χ2v) is 15.1. The Morgan fingerprint density at radius 2 is 1.75 bits per heavy atom. The molecule has 3 aliphatic rings. The molecular formula is C30H34FN5O2S2. The zero-order valence-corrected chi connectivity index (χ0v) is 24.0. The minimum Gasteiger partial charge on any atom is -0.370 e. The van der Waals surface area contributed by atoms with Crippen LogP contribution in [0.4, 0.5) is 10.1 Å². The predicted octanol–water partition coefficient (Wildman–Crippen LogP) is 6.00. The number of anilines is 1. The molecule has 210 valence electrons. The van der Waals surface area contributed by atoms with E-state index in [0.29, 0.717) is 37.4 Å². The van der Waals surface area contributed by atoms with E-state index in [1.165, 1.54) is 12.1 Å². The van der Waals surface area contributed by atoms with E-state index in [-0.39, 0.29) is 23.6 Å². The molecule has 3 fully saturated rings. The molecule has 10 heteroatoms. The molecule has 2 heterocycles. The van der Waals surface area contributed by atoms with Gasteiger partial charge in [0.05, 0.1) is 16.6 Å². The molecule has 3 aromatic rings. The third-order valence-corrected chi connectivity index (χ3v) is 11.5. The lowest BCUT2D eigenvalue weighted by molar-refractivity contribution is -0.127. The van der Waals surface area contributed by atoms with Gasteiger partial charge in [-0.1, -0.05) is 25.0 Å². The molecule has 0 radical (unpaired) electrons. The highest BCUT2D eigenvalue weighted by atomic mass is 32.3. The third-order valence-electron chi connectivity index (χ3n) is 8.50. The maximum Gasteiger partial charge on any atom is 0.225 e. The Bertz CT molecular complexity index is 1480. The van der Waals surface area contributed by atoms with E-state index in [4.69, 9.17) is 9.76 Å². The van der Waals surface area contributed by atoms with Crippen LogP contribution in [0.3, 0.4) is 0 Å². The number of carbonyl (C=O) groups is 1. The molecule has 1 amide bonds. The van der Waals surface area contributed by atoms with E-state index in [0.717, 1.165) is 58.1 Å². The summed E-state index contributed by atoms with van der Waals surface area (Å²) in [5.74, 6) is 0.379. The molecule has 0 bridgehead atoms. The van der Waals surface area contributed by atoms with Gasteiger partial charge in [-0.25, -0.2) is 9.37 Å². The van der Waals surface area contributed by atoms with Gasteiger partial charge in [0.25, 0.3) is 0 Å². The molecule has 0 spiro atoms. The first kappa shape index (κ1) is 27.1. The number of nitrogens with zero attached hydrogens (tertiary/aromatic N) is 3. The molecule has 40 heavy (non-hydrogen) atoms. The highest BCUT2D eigenvalue weighted by Gasteiger charge is 2.47. The van der Waals surface area contributed by atoms with Gasteiger partial charge in [0, 0.05) is 47.7 Å².